The molecule has 0 radical (unpaired) electrons. The van der Waals surface area contributed by atoms with E-state index in [9.17, 15) is 13.2 Å². The van der Waals surface area contributed by atoms with Crippen LogP contribution in [0.1, 0.15) is 63.0 Å². The number of rotatable bonds is 3. The highest BCUT2D eigenvalue weighted by Gasteiger charge is 2.79. The molecule has 0 N–H and O–H groups in total. The van der Waals surface area contributed by atoms with Gasteiger partial charge in [-0.1, -0.05) is 38.1 Å². The number of carbonyl (C=O) groups excluding carboxylic acids is 1. The van der Waals surface area contributed by atoms with Gasteiger partial charge in [0.05, 0.1) is 17.3 Å². The van der Waals surface area contributed by atoms with E-state index in [4.69, 9.17) is 4.74 Å². The summed E-state index contributed by atoms with van der Waals surface area (Å²) < 4.78 is 33.7. The van der Waals surface area contributed by atoms with Gasteiger partial charge in [0.1, 0.15) is 11.5 Å². The van der Waals surface area contributed by atoms with Crippen molar-refractivity contribution in [3.05, 3.63) is 59.7 Å². The number of carbonyl (C=O) groups is 1. The second kappa shape index (κ2) is 6.71. The van der Waals surface area contributed by atoms with E-state index in [0.717, 1.165) is 31.4 Å². The number of benzene rings is 2. The Morgan fingerprint density at radius 3 is 2.52 bits per heavy atom. The van der Waals surface area contributed by atoms with Crippen LogP contribution in [-0.4, -0.2) is 26.6 Å². The molecule has 4 aliphatic carbocycles. The van der Waals surface area contributed by atoms with Crippen LogP contribution in [0.2, 0.25) is 0 Å². The summed E-state index contributed by atoms with van der Waals surface area (Å²) >= 11 is 0. The van der Waals surface area contributed by atoms with Crippen LogP contribution in [0.25, 0.3) is 0 Å². The summed E-state index contributed by atoms with van der Waals surface area (Å²) in [5, 5.41) is -0.507. The van der Waals surface area contributed by atoms with Gasteiger partial charge in [0, 0.05) is 16.2 Å². The van der Waals surface area contributed by atoms with Crippen LogP contribution in [0.15, 0.2) is 53.4 Å². The SMILES string of the molecule is COc1ccc2c(c1)CC[C@@H]1[C@@H]2CC[C@]2(C)C(=O)[C@]3(C)C[C@@H](S(=O)(=O)c4ccccc4)[C@]12C3. The number of fused-ring (bicyclic) bond motifs is 4. The Morgan fingerprint density at radius 2 is 1.79 bits per heavy atom. The van der Waals surface area contributed by atoms with Gasteiger partial charge < -0.3 is 4.74 Å². The average Bonchev–Trinajstić information content (AvgIpc) is 3.25. The Balaban J connectivity index is 1.53. The average molecular weight is 465 g/mol. The van der Waals surface area contributed by atoms with Gasteiger partial charge in [-0.25, -0.2) is 8.42 Å². The number of sulfone groups is 1. The van der Waals surface area contributed by atoms with Gasteiger partial charge in [0.15, 0.2) is 9.84 Å². The van der Waals surface area contributed by atoms with Gasteiger partial charge in [-0.05, 0) is 85.8 Å². The molecule has 0 heterocycles. The molecule has 0 amide bonds. The zero-order chi connectivity index (χ0) is 23.2. The summed E-state index contributed by atoms with van der Waals surface area (Å²) in [5.74, 6) is 1.69. The van der Waals surface area contributed by atoms with Gasteiger partial charge in [-0.3, -0.25) is 4.79 Å². The molecule has 3 saturated carbocycles. The lowest BCUT2D eigenvalue weighted by atomic mass is 9.46. The Hall–Kier alpha value is -2.14. The quantitative estimate of drug-likeness (QED) is 0.614. The van der Waals surface area contributed by atoms with Crippen molar-refractivity contribution in [3.63, 3.8) is 0 Å². The third-order valence-corrected chi connectivity index (χ3v) is 12.3. The first kappa shape index (κ1) is 21.4. The number of hydrogen-bond donors (Lipinski definition) is 0. The number of hydrogen-bond acceptors (Lipinski definition) is 4. The van der Waals surface area contributed by atoms with E-state index >= 15 is 0 Å². The van der Waals surface area contributed by atoms with Gasteiger partial charge in [0.2, 0.25) is 0 Å². The van der Waals surface area contributed by atoms with E-state index in [1.807, 2.05) is 19.1 Å². The predicted molar refractivity (Wildman–Crippen MR) is 127 cm³/mol. The van der Waals surface area contributed by atoms with Crippen LogP contribution in [0.5, 0.6) is 5.75 Å². The zero-order valence-corrected chi connectivity index (χ0v) is 20.5. The van der Waals surface area contributed by atoms with Crippen molar-refractivity contribution >= 4 is 15.6 Å². The fourth-order valence-corrected chi connectivity index (χ4v) is 11.3. The molecular weight excluding hydrogens is 432 g/mol. The molecule has 4 nitrogen and oxygen atoms in total. The molecule has 174 valence electrons. The summed E-state index contributed by atoms with van der Waals surface area (Å²) in [6.07, 6.45) is 4.73. The second-order valence-corrected chi connectivity index (χ2v) is 13.5. The van der Waals surface area contributed by atoms with E-state index in [0.29, 0.717) is 29.4 Å². The first-order valence-electron chi connectivity index (χ1n) is 12.2. The molecule has 3 fully saturated rings. The van der Waals surface area contributed by atoms with Crippen molar-refractivity contribution in [3.8, 4) is 5.75 Å². The third-order valence-electron chi connectivity index (χ3n) is 9.99. The molecule has 33 heavy (non-hydrogen) atoms. The number of Topliss-reactive ketones (excluding diaryl/α,β-unsaturated/α-hetero) is 1. The molecule has 0 aliphatic heterocycles. The number of ether oxygens (including phenoxy) is 1. The Labute approximate surface area is 196 Å². The van der Waals surface area contributed by atoms with Crippen molar-refractivity contribution < 1.29 is 17.9 Å². The Kier molecular flexibility index (Phi) is 4.35. The van der Waals surface area contributed by atoms with Crippen LogP contribution in [-0.2, 0) is 21.1 Å². The van der Waals surface area contributed by atoms with Crippen LogP contribution in [0.3, 0.4) is 0 Å². The minimum atomic E-state index is -3.56. The van der Waals surface area contributed by atoms with Gasteiger partial charge in [-0.2, -0.15) is 0 Å². The third kappa shape index (κ3) is 2.52. The molecule has 2 bridgehead atoms. The van der Waals surface area contributed by atoms with E-state index < -0.39 is 31.3 Å². The maximum Gasteiger partial charge on any atom is 0.181 e. The van der Waals surface area contributed by atoms with Crippen molar-refractivity contribution in [2.45, 2.75) is 68.4 Å². The van der Waals surface area contributed by atoms with Crippen LogP contribution in [0.4, 0.5) is 0 Å². The molecule has 4 aliphatic rings. The molecule has 0 aromatic heterocycles. The topological polar surface area (TPSA) is 60.4 Å². The Bertz CT molecular complexity index is 1250. The van der Waals surface area contributed by atoms with Crippen molar-refractivity contribution in [1.82, 2.24) is 0 Å². The molecule has 2 aromatic rings. The molecule has 6 rings (SSSR count). The lowest BCUT2D eigenvalue weighted by Gasteiger charge is -2.59. The standard InChI is InChI=1S/C28H32O4S/c1-26-16-24(33(30,31)20-7-5-4-6-8-20)28(17-26)23-12-9-18-15-19(32-3)10-11-21(18)22(23)13-14-27(28,2)25(26)29/h4-8,10-11,15,22-24H,9,12-14,16-17H2,1-3H3/t22-,23-,24-,26-,27-,28+/m1/s1. The van der Waals surface area contributed by atoms with Crippen LogP contribution < -0.4 is 4.74 Å². The van der Waals surface area contributed by atoms with E-state index in [1.165, 1.54) is 11.1 Å². The minimum absolute atomic E-state index is 0.203. The zero-order valence-electron chi connectivity index (χ0n) is 19.6. The molecule has 0 saturated heterocycles. The maximum atomic E-state index is 14.1. The highest BCUT2D eigenvalue weighted by Crippen LogP contribution is 2.78. The smallest absolute Gasteiger partial charge is 0.181 e. The second-order valence-electron chi connectivity index (χ2n) is 11.3. The maximum absolute atomic E-state index is 14.1. The molecule has 5 heteroatoms. The molecule has 0 unspecified atom stereocenters. The van der Waals surface area contributed by atoms with E-state index in [2.05, 4.69) is 19.1 Å². The summed E-state index contributed by atoms with van der Waals surface area (Å²) in [7, 11) is -1.86. The van der Waals surface area contributed by atoms with Gasteiger partial charge >= 0.3 is 0 Å². The van der Waals surface area contributed by atoms with E-state index in [-0.39, 0.29) is 5.92 Å². The van der Waals surface area contributed by atoms with Crippen LogP contribution in [0, 0.1) is 22.2 Å². The summed E-state index contributed by atoms with van der Waals surface area (Å²) in [4.78, 5) is 14.2. The van der Waals surface area contributed by atoms with Crippen molar-refractivity contribution in [1.29, 1.82) is 0 Å². The van der Waals surface area contributed by atoms with Crippen LogP contribution >= 0.6 is 0 Å². The first-order chi connectivity index (χ1) is 15.7. The predicted octanol–water partition coefficient (Wildman–Crippen LogP) is 5.35. The lowest BCUT2D eigenvalue weighted by Crippen LogP contribution is -2.60. The molecule has 2 aromatic carbocycles. The molecule has 1 spiro atoms. The number of ketones is 1. The normalized spacial score (nSPS) is 39.0. The number of methoxy groups -OCH3 is 1. The highest BCUT2D eigenvalue weighted by atomic mass is 32.2. The first-order valence-corrected chi connectivity index (χ1v) is 13.7. The van der Waals surface area contributed by atoms with Crippen molar-refractivity contribution in [2.24, 2.45) is 22.2 Å². The van der Waals surface area contributed by atoms with E-state index in [1.54, 1.807) is 31.4 Å². The molecule has 6 atom stereocenters. The monoisotopic (exact) mass is 464 g/mol. The summed E-state index contributed by atoms with van der Waals surface area (Å²) in [6, 6.07) is 15.3. The van der Waals surface area contributed by atoms with Crippen molar-refractivity contribution in [2.75, 3.05) is 7.11 Å². The number of aryl methyl sites for hydroxylation is 1. The minimum Gasteiger partial charge on any atom is -0.497 e. The van der Waals surface area contributed by atoms with Gasteiger partial charge in [-0.15, -0.1) is 0 Å². The fourth-order valence-electron chi connectivity index (χ4n) is 8.74. The Morgan fingerprint density at radius 1 is 1.03 bits per heavy atom. The van der Waals surface area contributed by atoms with Gasteiger partial charge in [0.25, 0.3) is 0 Å². The summed E-state index contributed by atoms with van der Waals surface area (Å²) in [5.41, 5.74) is 1.04. The lowest BCUT2D eigenvalue weighted by molar-refractivity contribution is -0.145. The molecular formula is C28H32O4S. The highest BCUT2D eigenvalue weighted by molar-refractivity contribution is 7.92. The fraction of sp³-hybridized carbons (Fsp3) is 0.536. The largest absolute Gasteiger partial charge is 0.497 e. The summed E-state index contributed by atoms with van der Waals surface area (Å²) in [6.45, 7) is 4.14.